The van der Waals surface area contributed by atoms with Crippen molar-refractivity contribution in [2.45, 2.75) is 19.4 Å². The predicted molar refractivity (Wildman–Crippen MR) is 80.1 cm³/mol. The summed E-state index contributed by atoms with van der Waals surface area (Å²) in [6, 6.07) is 5.69. The fourth-order valence-electron chi connectivity index (χ4n) is 2.12. The van der Waals surface area contributed by atoms with Crippen molar-refractivity contribution in [2.75, 3.05) is 6.54 Å². The van der Waals surface area contributed by atoms with Gasteiger partial charge in [0.15, 0.2) is 0 Å². The summed E-state index contributed by atoms with van der Waals surface area (Å²) < 4.78 is 26.7. The van der Waals surface area contributed by atoms with Crippen LogP contribution in [0.15, 0.2) is 35.1 Å². The molecule has 2 rings (SSSR count). The van der Waals surface area contributed by atoms with Crippen LogP contribution < -0.4 is 10.9 Å². The van der Waals surface area contributed by atoms with Crippen molar-refractivity contribution in [1.82, 2.24) is 10.3 Å². The fraction of sp³-hybridized carbons (Fsp3) is 0.250. The first-order chi connectivity index (χ1) is 10.7. The van der Waals surface area contributed by atoms with Crippen LogP contribution in [-0.2, 0) is 5.60 Å². The number of halogens is 2. The number of carbonyl (C=O) groups is 1. The maximum Gasteiger partial charge on any atom is 0.260 e. The van der Waals surface area contributed by atoms with Gasteiger partial charge in [0.2, 0.25) is 0 Å². The Labute approximate surface area is 131 Å². The second kappa shape index (κ2) is 6.29. The number of carbonyl (C=O) groups excluding carboxylic acids is 1. The molecule has 23 heavy (non-hydrogen) atoms. The number of aliphatic hydroxyl groups is 1. The Balaban J connectivity index is 2.15. The Bertz CT molecular complexity index is 800. The van der Waals surface area contributed by atoms with Gasteiger partial charge in [-0.25, -0.2) is 8.78 Å². The second-order valence-corrected chi connectivity index (χ2v) is 5.46. The number of hydrogen-bond acceptors (Lipinski definition) is 3. The SMILES string of the molecule is Cc1ccc(C(=O)NC[C@@](C)(O)c2ccc(F)cc2F)c(=O)[nH]1. The van der Waals surface area contributed by atoms with E-state index in [9.17, 15) is 23.5 Å². The van der Waals surface area contributed by atoms with Gasteiger partial charge >= 0.3 is 0 Å². The van der Waals surface area contributed by atoms with Crippen LogP contribution in [-0.4, -0.2) is 22.5 Å². The Morgan fingerprint density at radius 3 is 2.61 bits per heavy atom. The molecular weight excluding hydrogens is 306 g/mol. The zero-order chi connectivity index (χ0) is 17.2. The van der Waals surface area contributed by atoms with Crippen LogP contribution in [0.2, 0.25) is 0 Å². The van der Waals surface area contributed by atoms with E-state index in [-0.39, 0.29) is 17.7 Å². The van der Waals surface area contributed by atoms with Crippen LogP contribution in [0, 0.1) is 18.6 Å². The van der Waals surface area contributed by atoms with Crippen molar-refractivity contribution in [2.24, 2.45) is 0 Å². The highest BCUT2D eigenvalue weighted by Gasteiger charge is 2.28. The minimum atomic E-state index is -1.76. The van der Waals surface area contributed by atoms with E-state index >= 15 is 0 Å². The number of benzene rings is 1. The quantitative estimate of drug-likeness (QED) is 0.799. The molecule has 0 radical (unpaired) electrons. The van der Waals surface area contributed by atoms with Crippen LogP contribution in [0.4, 0.5) is 8.78 Å². The summed E-state index contributed by atoms with van der Waals surface area (Å²) in [5, 5.41) is 12.7. The monoisotopic (exact) mass is 322 g/mol. The number of rotatable bonds is 4. The van der Waals surface area contributed by atoms with Crippen LogP contribution >= 0.6 is 0 Å². The van der Waals surface area contributed by atoms with Gasteiger partial charge in [0.25, 0.3) is 11.5 Å². The van der Waals surface area contributed by atoms with E-state index in [1.165, 1.54) is 13.0 Å². The molecule has 1 atom stereocenters. The highest BCUT2D eigenvalue weighted by Crippen LogP contribution is 2.23. The van der Waals surface area contributed by atoms with Gasteiger partial charge in [0, 0.05) is 17.3 Å². The molecule has 7 heteroatoms. The molecule has 3 N–H and O–H groups in total. The summed E-state index contributed by atoms with van der Waals surface area (Å²) in [6.45, 7) is 2.61. The molecule has 0 bridgehead atoms. The average molecular weight is 322 g/mol. The summed E-state index contributed by atoms with van der Waals surface area (Å²) in [5.74, 6) is -2.39. The van der Waals surface area contributed by atoms with Crippen molar-refractivity contribution < 1.29 is 18.7 Å². The van der Waals surface area contributed by atoms with Gasteiger partial charge in [0.05, 0.1) is 6.54 Å². The summed E-state index contributed by atoms with van der Waals surface area (Å²) in [6.07, 6.45) is 0. The summed E-state index contributed by atoms with van der Waals surface area (Å²) >= 11 is 0. The molecule has 0 saturated heterocycles. The van der Waals surface area contributed by atoms with Crippen LogP contribution in [0.3, 0.4) is 0 Å². The van der Waals surface area contributed by atoms with Gasteiger partial charge in [-0.1, -0.05) is 6.07 Å². The molecule has 0 aliphatic carbocycles. The number of aromatic nitrogens is 1. The third-order valence-corrected chi connectivity index (χ3v) is 3.40. The molecule has 1 aromatic carbocycles. The highest BCUT2D eigenvalue weighted by molar-refractivity contribution is 5.93. The molecule has 5 nitrogen and oxygen atoms in total. The minimum absolute atomic E-state index is 0.119. The van der Waals surface area contributed by atoms with Crippen molar-refractivity contribution in [3.63, 3.8) is 0 Å². The molecule has 0 spiro atoms. The first-order valence-corrected chi connectivity index (χ1v) is 6.87. The van der Waals surface area contributed by atoms with Gasteiger partial charge in [-0.2, -0.15) is 0 Å². The summed E-state index contributed by atoms with van der Waals surface area (Å²) in [4.78, 5) is 26.2. The van der Waals surface area contributed by atoms with Crippen LogP contribution in [0.1, 0.15) is 28.5 Å². The molecule has 2 aromatic rings. The summed E-state index contributed by atoms with van der Waals surface area (Å²) in [5.41, 5.74) is -1.99. The van der Waals surface area contributed by atoms with E-state index in [2.05, 4.69) is 10.3 Å². The van der Waals surface area contributed by atoms with Crippen molar-refractivity contribution in [1.29, 1.82) is 0 Å². The molecule has 1 heterocycles. The molecule has 0 aliphatic rings. The maximum absolute atomic E-state index is 13.7. The minimum Gasteiger partial charge on any atom is -0.383 e. The fourth-order valence-corrected chi connectivity index (χ4v) is 2.12. The Morgan fingerprint density at radius 1 is 1.30 bits per heavy atom. The van der Waals surface area contributed by atoms with Gasteiger partial charge in [-0.15, -0.1) is 0 Å². The third-order valence-electron chi connectivity index (χ3n) is 3.40. The zero-order valence-electron chi connectivity index (χ0n) is 12.6. The molecule has 0 unspecified atom stereocenters. The summed E-state index contributed by atoms with van der Waals surface area (Å²) in [7, 11) is 0. The highest BCUT2D eigenvalue weighted by atomic mass is 19.1. The Morgan fingerprint density at radius 2 is 2.00 bits per heavy atom. The number of aryl methyl sites for hydroxylation is 1. The van der Waals surface area contributed by atoms with Gasteiger partial charge in [-0.05, 0) is 32.0 Å². The van der Waals surface area contributed by atoms with E-state index in [1.54, 1.807) is 13.0 Å². The second-order valence-electron chi connectivity index (χ2n) is 5.46. The largest absolute Gasteiger partial charge is 0.383 e. The molecule has 0 fully saturated rings. The molecule has 122 valence electrons. The predicted octanol–water partition coefficient (Wildman–Crippen LogP) is 1.60. The standard InChI is InChI=1S/C16H16F2N2O3/c1-9-3-5-11(15(22)20-9)14(21)19-8-16(2,23)12-6-4-10(17)7-13(12)18/h3-7,23H,8H2,1-2H3,(H,19,21)(H,20,22)/t16-/m1/s1. The number of pyridine rings is 1. The lowest BCUT2D eigenvalue weighted by atomic mass is 9.95. The van der Waals surface area contributed by atoms with E-state index in [4.69, 9.17) is 0 Å². The van der Waals surface area contributed by atoms with Crippen molar-refractivity contribution in [3.05, 3.63) is 69.1 Å². The van der Waals surface area contributed by atoms with E-state index < -0.39 is 28.7 Å². The Kier molecular flexibility index (Phi) is 4.60. The number of nitrogens with one attached hydrogen (secondary N) is 2. The number of hydrogen-bond donors (Lipinski definition) is 3. The Hall–Kier alpha value is -2.54. The van der Waals surface area contributed by atoms with E-state index in [0.717, 1.165) is 12.1 Å². The third kappa shape index (κ3) is 3.81. The van der Waals surface area contributed by atoms with Crippen LogP contribution in [0.25, 0.3) is 0 Å². The normalized spacial score (nSPS) is 13.4. The topological polar surface area (TPSA) is 82.2 Å². The number of amides is 1. The van der Waals surface area contributed by atoms with E-state index in [1.807, 2.05) is 0 Å². The van der Waals surface area contributed by atoms with Gasteiger partial charge in [0.1, 0.15) is 22.8 Å². The number of aromatic amines is 1. The molecule has 0 aliphatic heterocycles. The number of H-pyrrole nitrogens is 1. The van der Waals surface area contributed by atoms with Gasteiger partial charge in [-0.3, -0.25) is 9.59 Å². The average Bonchev–Trinajstić information content (AvgIpc) is 2.44. The van der Waals surface area contributed by atoms with Crippen molar-refractivity contribution >= 4 is 5.91 Å². The maximum atomic E-state index is 13.7. The van der Waals surface area contributed by atoms with E-state index in [0.29, 0.717) is 11.8 Å². The molecule has 0 saturated carbocycles. The first-order valence-electron chi connectivity index (χ1n) is 6.87. The molecular formula is C16H16F2N2O3. The first kappa shape index (κ1) is 16.8. The lowest BCUT2D eigenvalue weighted by molar-refractivity contribution is 0.0494. The van der Waals surface area contributed by atoms with Gasteiger partial charge < -0.3 is 15.4 Å². The lowest BCUT2D eigenvalue weighted by Crippen LogP contribution is -2.40. The smallest absolute Gasteiger partial charge is 0.260 e. The molecule has 1 aromatic heterocycles. The van der Waals surface area contributed by atoms with Crippen molar-refractivity contribution in [3.8, 4) is 0 Å². The van der Waals surface area contributed by atoms with Crippen LogP contribution in [0.5, 0.6) is 0 Å². The molecule has 1 amide bonds. The zero-order valence-corrected chi connectivity index (χ0v) is 12.6. The lowest BCUT2D eigenvalue weighted by Gasteiger charge is -2.24.